The van der Waals surface area contributed by atoms with E-state index in [4.69, 9.17) is 16.3 Å². The monoisotopic (exact) mass is 242 g/mol. The predicted molar refractivity (Wildman–Crippen MR) is 64.1 cm³/mol. The highest BCUT2D eigenvalue weighted by atomic mass is 35.5. The highest BCUT2D eigenvalue weighted by molar-refractivity contribution is 6.32. The van der Waals surface area contributed by atoms with E-state index in [1.165, 1.54) is 5.56 Å². The van der Waals surface area contributed by atoms with E-state index in [0.29, 0.717) is 29.5 Å². The molecule has 1 aliphatic rings. The lowest BCUT2D eigenvalue weighted by Crippen LogP contribution is -2.13. The Kier molecular flexibility index (Phi) is 3.11. The number of alkyl halides is 1. The molecule has 1 aliphatic carbocycles. The summed E-state index contributed by atoms with van der Waals surface area (Å²) in [6.07, 6.45) is 1.21. The third-order valence-electron chi connectivity index (χ3n) is 2.90. The van der Waals surface area contributed by atoms with E-state index in [-0.39, 0.29) is 6.61 Å². The fourth-order valence-corrected chi connectivity index (χ4v) is 1.72. The highest BCUT2D eigenvalue weighted by Crippen LogP contribution is 2.40. The maximum atomic E-state index is 13.4. The zero-order chi connectivity index (χ0) is 11.8. The molecule has 0 spiro atoms. The summed E-state index contributed by atoms with van der Waals surface area (Å²) in [6, 6.07) is 5.69. The summed E-state index contributed by atoms with van der Waals surface area (Å²) < 4.78 is 18.7. The third-order valence-corrected chi connectivity index (χ3v) is 3.20. The second kappa shape index (κ2) is 4.25. The van der Waals surface area contributed by atoms with Crippen LogP contribution in [0.15, 0.2) is 18.2 Å². The number of halogens is 2. The molecule has 0 saturated heterocycles. The van der Waals surface area contributed by atoms with Crippen LogP contribution in [-0.4, -0.2) is 12.3 Å². The van der Waals surface area contributed by atoms with Crippen molar-refractivity contribution in [2.75, 3.05) is 6.61 Å². The van der Waals surface area contributed by atoms with Crippen molar-refractivity contribution in [3.05, 3.63) is 28.8 Å². The van der Waals surface area contributed by atoms with Crippen LogP contribution in [0.1, 0.15) is 38.2 Å². The van der Waals surface area contributed by atoms with Gasteiger partial charge in [0, 0.05) is 0 Å². The zero-order valence-electron chi connectivity index (χ0n) is 9.59. The lowest BCUT2D eigenvalue weighted by Gasteiger charge is -2.12. The van der Waals surface area contributed by atoms with Gasteiger partial charge in [-0.2, -0.15) is 0 Å². The van der Waals surface area contributed by atoms with Gasteiger partial charge in [-0.15, -0.1) is 0 Å². The third kappa shape index (κ3) is 2.67. The fourth-order valence-electron chi connectivity index (χ4n) is 1.48. The molecule has 0 heterocycles. The van der Waals surface area contributed by atoms with Crippen molar-refractivity contribution in [1.82, 2.24) is 0 Å². The second-order valence-electron chi connectivity index (χ2n) is 4.78. The minimum absolute atomic E-state index is 0.119. The van der Waals surface area contributed by atoms with Crippen LogP contribution >= 0.6 is 11.6 Å². The zero-order valence-corrected chi connectivity index (χ0v) is 10.4. The van der Waals surface area contributed by atoms with Gasteiger partial charge in [0.15, 0.2) is 0 Å². The van der Waals surface area contributed by atoms with Crippen LogP contribution in [0.5, 0.6) is 5.75 Å². The Labute approximate surface area is 101 Å². The van der Waals surface area contributed by atoms with Gasteiger partial charge >= 0.3 is 0 Å². The Hall–Kier alpha value is -0.760. The molecule has 0 unspecified atom stereocenters. The molecule has 1 aromatic rings. The van der Waals surface area contributed by atoms with Gasteiger partial charge in [0.2, 0.25) is 0 Å². The van der Waals surface area contributed by atoms with Crippen molar-refractivity contribution in [2.45, 2.75) is 38.3 Å². The van der Waals surface area contributed by atoms with Crippen molar-refractivity contribution >= 4 is 11.6 Å². The average Bonchev–Trinajstić information content (AvgIpc) is 2.95. The van der Waals surface area contributed by atoms with Crippen LogP contribution in [0.2, 0.25) is 5.02 Å². The first-order valence-corrected chi connectivity index (χ1v) is 5.99. The van der Waals surface area contributed by atoms with Crippen molar-refractivity contribution in [2.24, 2.45) is 0 Å². The van der Waals surface area contributed by atoms with E-state index in [0.717, 1.165) is 0 Å². The Balaban J connectivity index is 2.04. The molecule has 88 valence electrons. The molecule has 16 heavy (non-hydrogen) atoms. The Morgan fingerprint density at radius 3 is 2.62 bits per heavy atom. The molecule has 1 fully saturated rings. The maximum absolute atomic E-state index is 13.4. The number of hydrogen-bond acceptors (Lipinski definition) is 1. The predicted octanol–water partition coefficient (Wildman–Crippen LogP) is 4.34. The normalized spacial score (nSPS) is 17.6. The van der Waals surface area contributed by atoms with Gasteiger partial charge in [0.05, 0.1) is 5.02 Å². The lowest BCUT2D eigenvalue weighted by molar-refractivity contribution is 0.178. The van der Waals surface area contributed by atoms with E-state index in [1.807, 2.05) is 18.2 Å². The first kappa shape index (κ1) is 11.7. The summed E-state index contributed by atoms with van der Waals surface area (Å²) in [5, 5.41) is 0.565. The van der Waals surface area contributed by atoms with Crippen LogP contribution < -0.4 is 4.74 Å². The van der Waals surface area contributed by atoms with Gasteiger partial charge in [0.1, 0.15) is 18.0 Å². The lowest BCUT2D eigenvalue weighted by atomic mass is 10.0. The quantitative estimate of drug-likeness (QED) is 0.763. The average molecular weight is 243 g/mol. The van der Waals surface area contributed by atoms with Crippen molar-refractivity contribution in [3.8, 4) is 5.75 Å². The van der Waals surface area contributed by atoms with Crippen LogP contribution in [-0.2, 0) is 0 Å². The number of hydrogen-bond donors (Lipinski definition) is 0. The molecule has 1 saturated carbocycles. The number of benzene rings is 1. The fraction of sp³-hybridized carbons (Fsp3) is 0.538. The number of ether oxygens (including phenoxy) is 1. The molecule has 0 N–H and O–H groups in total. The Bertz CT molecular complexity index is 386. The molecule has 0 radical (unpaired) electrons. The van der Waals surface area contributed by atoms with Crippen LogP contribution in [0.4, 0.5) is 4.39 Å². The topological polar surface area (TPSA) is 9.23 Å². The summed E-state index contributed by atoms with van der Waals surface area (Å²) in [4.78, 5) is 0. The van der Waals surface area contributed by atoms with Crippen LogP contribution in [0.3, 0.4) is 0 Å². The first-order chi connectivity index (χ1) is 7.50. The molecule has 0 atom stereocenters. The van der Waals surface area contributed by atoms with Gasteiger partial charge in [-0.1, -0.05) is 31.5 Å². The van der Waals surface area contributed by atoms with E-state index >= 15 is 0 Å². The minimum Gasteiger partial charge on any atom is -0.489 e. The highest BCUT2D eigenvalue weighted by Gasteiger charge is 2.44. The summed E-state index contributed by atoms with van der Waals surface area (Å²) in [5.41, 5.74) is 0.0683. The van der Waals surface area contributed by atoms with Crippen molar-refractivity contribution in [1.29, 1.82) is 0 Å². The summed E-state index contributed by atoms with van der Waals surface area (Å²) in [6.45, 7) is 4.33. The summed E-state index contributed by atoms with van der Waals surface area (Å²) in [7, 11) is 0. The molecule has 1 nitrogen and oxygen atoms in total. The SMILES string of the molecule is CC(C)c1ccc(OCC2(F)CC2)c(Cl)c1. The van der Waals surface area contributed by atoms with Gasteiger partial charge in [-0.3, -0.25) is 0 Å². The Morgan fingerprint density at radius 1 is 1.44 bits per heavy atom. The maximum Gasteiger partial charge on any atom is 0.145 e. The number of rotatable bonds is 4. The molecule has 0 bridgehead atoms. The van der Waals surface area contributed by atoms with Gasteiger partial charge in [-0.05, 0) is 36.5 Å². The smallest absolute Gasteiger partial charge is 0.145 e. The van der Waals surface area contributed by atoms with Crippen LogP contribution in [0, 0.1) is 0 Å². The van der Waals surface area contributed by atoms with E-state index in [1.54, 1.807) is 0 Å². The Morgan fingerprint density at radius 2 is 2.12 bits per heavy atom. The van der Waals surface area contributed by atoms with E-state index in [9.17, 15) is 4.39 Å². The van der Waals surface area contributed by atoms with Crippen molar-refractivity contribution in [3.63, 3.8) is 0 Å². The molecule has 2 rings (SSSR count). The molecule has 3 heteroatoms. The molecular weight excluding hydrogens is 227 g/mol. The van der Waals surface area contributed by atoms with Gasteiger partial charge in [-0.25, -0.2) is 4.39 Å². The van der Waals surface area contributed by atoms with E-state index < -0.39 is 5.67 Å². The molecule has 1 aromatic carbocycles. The molecule has 0 amide bonds. The molecular formula is C13H16ClFO. The largest absolute Gasteiger partial charge is 0.489 e. The minimum atomic E-state index is -1.10. The second-order valence-corrected chi connectivity index (χ2v) is 5.19. The summed E-state index contributed by atoms with van der Waals surface area (Å²) >= 11 is 6.08. The standard InChI is InChI=1S/C13H16ClFO/c1-9(2)10-3-4-12(11(14)7-10)16-8-13(15)5-6-13/h3-4,7,9H,5-6,8H2,1-2H3. The summed E-state index contributed by atoms with van der Waals surface area (Å²) in [5.74, 6) is 1.01. The molecule has 0 aromatic heterocycles. The van der Waals surface area contributed by atoms with Gasteiger partial charge < -0.3 is 4.74 Å². The molecule has 0 aliphatic heterocycles. The van der Waals surface area contributed by atoms with Crippen molar-refractivity contribution < 1.29 is 9.13 Å². The first-order valence-electron chi connectivity index (χ1n) is 5.61. The van der Waals surface area contributed by atoms with Crippen LogP contribution in [0.25, 0.3) is 0 Å². The van der Waals surface area contributed by atoms with E-state index in [2.05, 4.69) is 13.8 Å². The van der Waals surface area contributed by atoms with Gasteiger partial charge in [0.25, 0.3) is 0 Å².